The highest BCUT2D eigenvalue weighted by molar-refractivity contribution is 6.40. The monoisotopic (exact) mass is 355 g/mol. The van der Waals surface area contributed by atoms with E-state index in [1.807, 2.05) is 12.1 Å². The van der Waals surface area contributed by atoms with Crippen LogP contribution in [0.15, 0.2) is 60.8 Å². The van der Waals surface area contributed by atoms with Gasteiger partial charge in [0.25, 0.3) is 0 Å². The molecule has 0 bridgehead atoms. The Morgan fingerprint density at radius 2 is 1.71 bits per heavy atom. The second-order valence-corrected chi connectivity index (χ2v) is 6.53. The number of fused-ring (bicyclic) bond motifs is 2. The minimum absolute atomic E-state index is 0.580. The number of hydrogen-bond donors (Lipinski definition) is 1. The molecular formula is C20H15Cl2NO. The summed E-state index contributed by atoms with van der Waals surface area (Å²) in [4.78, 5) is 3.08. The SMILES string of the molecule is Clc1ccc(OCCc2ccc3ccccc3c2)c2c(Cl)c[nH]c12. The normalized spacial score (nSPS) is 11.2. The van der Waals surface area contributed by atoms with Crippen LogP contribution in [-0.2, 0) is 6.42 Å². The van der Waals surface area contributed by atoms with Crippen LogP contribution in [0.1, 0.15) is 5.56 Å². The van der Waals surface area contributed by atoms with Gasteiger partial charge in [-0.1, -0.05) is 65.7 Å². The summed E-state index contributed by atoms with van der Waals surface area (Å²) < 4.78 is 5.97. The van der Waals surface area contributed by atoms with Crippen molar-refractivity contribution >= 4 is 44.9 Å². The highest BCUT2D eigenvalue weighted by atomic mass is 35.5. The third-order valence-electron chi connectivity index (χ3n) is 4.16. The molecule has 0 atom stereocenters. The highest BCUT2D eigenvalue weighted by Gasteiger charge is 2.11. The van der Waals surface area contributed by atoms with Crippen LogP contribution in [0.5, 0.6) is 5.75 Å². The fourth-order valence-corrected chi connectivity index (χ4v) is 3.39. The van der Waals surface area contributed by atoms with Crippen LogP contribution in [0.25, 0.3) is 21.7 Å². The number of hydrogen-bond acceptors (Lipinski definition) is 1. The second kappa shape index (κ2) is 6.39. The molecule has 0 unspecified atom stereocenters. The van der Waals surface area contributed by atoms with E-state index in [0.29, 0.717) is 16.7 Å². The Morgan fingerprint density at radius 1 is 0.875 bits per heavy atom. The molecular weight excluding hydrogens is 341 g/mol. The van der Waals surface area contributed by atoms with E-state index in [1.54, 1.807) is 6.20 Å². The topological polar surface area (TPSA) is 25.0 Å². The molecule has 0 amide bonds. The molecule has 0 saturated heterocycles. The number of halogens is 2. The Labute approximate surface area is 150 Å². The maximum Gasteiger partial charge on any atom is 0.130 e. The van der Waals surface area contributed by atoms with Crippen LogP contribution in [0.4, 0.5) is 0 Å². The molecule has 24 heavy (non-hydrogen) atoms. The van der Waals surface area contributed by atoms with Crippen LogP contribution < -0.4 is 4.74 Å². The van der Waals surface area contributed by atoms with Crippen molar-refractivity contribution in [1.82, 2.24) is 4.98 Å². The molecule has 0 aliphatic rings. The molecule has 4 aromatic rings. The van der Waals surface area contributed by atoms with E-state index >= 15 is 0 Å². The summed E-state index contributed by atoms with van der Waals surface area (Å²) in [7, 11) is 0. The Kier molecular flexibility index (Phi) is 4.09. The Bertz CT molecular complexity index is 1020. The number of ether oxygens (including phenoxy) is 1. The van der Waals surface area contributed by atoms with Crippen molar-refractivity contribution < 1.29 is 4.74 Å². The van der Waals surface area contributed by atoms with Gasteiger partial charge in [0.2, 0.25) is 0 Å². The molecule has 3 aromatic carbocycles. The van der Waals surface area contributed by atoms with Crippen molar-refractivity contribution in [3.63, 3.8) is 0 Å². The first-order valence-electron chi connectivity index (χ1n) is 7.78. The average Bonchev–Trinajstić information content (AvgIpc) is 3.00. The van der Waals surface area contributed by atoms with Crippen LogP contribution in [0, 0.1) is 0 Å². The zero-order valence-corrected chi connectivity index (χ0v) is 14.4. The molecule has 1 aromatic heterocycles. The molecule has 2 nitrogen and oxygen atoms in total. The molecule has 0 radical (unpaired) electrons. The summed E-state index contributed by atoms with van der Waals surface area (Å²) in [5.41, 5.74) is 2.06. The highest BCUT2D eigenvalue weighted by Crippen LogP contribution is 2.36. The zero-order valence-electron chi connectivity index (χ0n) is 12.9. The van der Waals surface area contributed by atoms with Crippen LogP contribution in [-0.4, -0.2) is 11.6 Å². The first-order chi connectivity index (χ1) is 11.7. The molecule has 0 saturated carbocycles. The lowest BCUT2D eigenvalue weighted by molar-refractivity contribution is 0.326. The predicted molar refractivity (Wildman–Crippen MR) is 101 cm³/mol. The maximum absolute atomic E-state index is 6.24. The molecule has 0 fully saturated rings. The van der Waals surface area contributed by atoms with Gasteiger partial charge in [-0.3, -0.25) is 0 Å². The molecule has 1 heterocycles. The van der Waals surface area contributed by atoms with E-state index in [2.05, 4.69) is 47.4 Å². The lowest BCUT2D eigenvalue weighted by atomic mass is 10.1. The fourth-order valence-electron chi connectivity index (χ4n) is 2.94. The summed E-state index contributed by atoms with van der Waals surface area (Å²) >= 11 is 12.4. The van der Waals surface area contributed by atoms with E-state index in [4.69, 9.17) is 27.9 Å². The number of aromatic nitrogens is 1. The first kappa shape index (κ1) is 15.4. The van der Waals surface area contributed by atoms with Crippen LogP contribution in [0.3, 0.4) is 0 Å². The van der Waals surface area contributed by atoms with Gasteiger partial charge in [-0.25, -0.2) is 0 Å². The van der Waals surface area contributed by atoms with Crippen molar-refractivity contribution in [3.05, 3.63) is 76.4 Å². The molecule has 4 heteroatoms. The summed E-state index contributed by atoms with van der Waals surface area (Å²) in [6.07, 6.45) is 2.56. The van der Waals surface area contributed by atoms with Gasteiger partial charge < -0.3 is 9.72 Å². The smallest absolute Gasteiger partial charge is 0.130 e. The quantitative estimate of drug-likeness (QED) is 0.459. The third-order valence-corrected chi connectivity index (χ3v) is 4.77. The summed E-state index contributed by atoms with van der Waals surface area (Å²) in [5, 5.41) is 4.59. The van der Waals surface area contributed by atoms with E-state index in [0.717, 1.165) is 23.1 Å². The predicted octanol–water partition coefficient (Wildman–Crippen LogP) is 6.25. The van der Waals surface area contributed by atoms with Crippen molar-refractivity contribution in [1.29, 1.82) is 0 Å². The summed E-state index contributed by atoms with van der Waals surface area (Å²) in [6.45, 7) is 0.580. The van der Waals surface area contributed by atoms with Crippen molar-refractivity contribution in [3.8, 4) is 5.75 Å². The lowest BCUT2D eigenvalue weighted by Gasteiger charge is -2.09. The summed E-state index contributed by atoms with van der Waals surface area (Å²) in [6, 6.07) is 18.5. The number of aromatic amines is 1. The van der Waals surface area contributed by atoms with Crippen molar-refractivity contribution in [2.75, 3.05) is 6.61 Å². The van der Waals surface area contributed by atoms with Crippen molar-refractivity contribution in [2.24, 2.45) is 0 Å². The maximum atomic E-state index is 6.24. The van der Waals surface area contributed by atoms with Gasteiger partial charge in [-0.05, 0) is 28.5 Å². The Balaban J connectivity index is 1.53. The molecule has 0 aliphatic heterocycles. The third kappa shape index (κ3) is 2.83. The number of nitrogens with one attached hydrogen (secondary N) is 1. The Morgan fingerprint density at radius 3 is 2.58 bits per heavy atom. The van der Waals surface area contributed by atoms with E-state index in [-0.39, 0.29) is 0 Å². The van der Waals surface area contributed by atoms with Crippen LogP contribution >= 0.6 is 23.2 Å². The van der Waals surface area contributed by atoms with Gasteiger partial charge in [0.15, 0.2) is 0 Å². The van der Waals surface area contributed by atoms with Gasteiger partial charge in [0, 0.05) is 12.6 Å². The number of benzene rings is 3. The minimum Gasteiger partial charge on any atom is -0.492 e. The average molecular weight is 356 g/mol. The van der Waals surface area contributed by atoms with E-state index in [9.17, 15) is 0 Å². The fraction of sp³-hybridized carbons (Fsp3) is 0.100. The summed E-state index contributed by atoms with van der Waals surface area (Å²) in [5.74, 6) is 0.751. The lowest BCUT2D eigenvalue weighted by Crippen LogP contribution is -2.01. The Hall–Kier alpha value is -2.16. The zero-order chi connectivity index (χ0) is 16.5. The first-order valence-corrected chi connectivity index (χ1v) is 8.53. The van der Waals surface area contributed by atoms with Gasteiger partial charge >= 0.3 is 0 Å². The largest absolute Gasteiger partial charge is 0.492 e. The van der Waals surface area contributed by atoms with E-state index < -0.39 is 0 Å². The minimum atomic E-state index is 0.580. The van der Waals surface area contributed by atoms with E-state index in [1.165, 1.54) is 16.3 Å². The van der Waals surface area contributed by atoms with Gasteiger partial charge in [0.05, 0.1) is 27.6 Å². The van der Waals surface area contributed by atoms with Crippen LogP contribution in [0.2, 0.25) is 10.0 Å². The standard InChI is InChI=1S/C20H15Cl2NO/c21-16-7-8-18(19-17(22)12-23-20(16)19)24-10-9-13-5-6-14-3-1-2-4-15(14)11-13/h1-8,11-12,23H,9-10H2. The molecule has 4 rings (SSSR count). The molecule has 0 aliphatic carbocycles. The number of H-pyrrole nitrogens is 1. The van der Waals surface area contributed by atoms with Crippen molar-refractivity contribution in [2.45, 2.75) is 6.42 Å². The number of rotatable bonds is 4. The molecule has 1 N–H and O–H groups in total. The molecule has 120 valence electrons. The second-order valence-electron chi connectivity index (χ2n) is 5.71. The van der Waals surface area contributed by atoms with Gasteiger partial charge in [-0.15, -0.1) is 0 Å². The molecule has 0 spiro atoms. The van der Waals surface area contributed by atoms with Gasteiger partial charge in [0.1, 0.15) is 5.75 Å². The van der Waals surface area contributed by atoms with Gasteiger partial charge in [-0.2, -0.15) is 0 Å².